The summed E-state index contributed by atoms with van der Waals surface area (Å²) < 4.78 is 0. The van der Waals surface area contributed by atoms with Gasteiger partial charge in [-0.2, -0.15) is 0 Å². The van der Waals surface area contributed by atoms with Crippen molar-refractivity contribution in [2.24, 2.45) is 5.73 Å². The molecule has 1 aliphatic rings. The maximum Gasteiger partial charge on any atom is 0.0490 e. The second-order valence-electron chi connectivity index (χ2n) is 5.47. The molecule has 0 aromatic carbocycles. The fourth-order valence-corrected chi connectivity index (χ4v) is 4.17. The first-order valence-corrected chi connectivity index (χ1v) is 8.07. The predicted octanol–water partition coefficient (Wildman–Crippen LogP) is 3.71. The van der Waals surface area contributed by atoms with Gasteiger partial charge in [-0.15, -0.1) is 11.3 Å². The Labute approximate surface area is 115 Å². The van der Waals surface area contributed by atoms with E-state index in [1.54, 1.807) is 0 Å². The Bertz CT molecular complexity index is 376. The zero-order chi connectivity index (χ0) is 13.2. The van der Waals surface area contributed by atoms with Crippen molar-refractivity contribution in [3.8, 4) is 0 Å². The van der Waals surface area contributed by atoms with Crippen molar-refractivity contribution in [3.63, 3.8) is 0 Å². The molecule has 0 aliphatic carbocycles. The van der Waals surface area contributed by atoms with E-state index in [0.29, 0.717) is 0 Å². The number of likely N-dealkylation sites (tertiary alicyclic amines) is 1. The van der Waals surface area contributed by atoms with Crippen LogP contribution in [0.4, 0.5) is 0 Å². The zero-order valence-electron chi connectivity index (χ0n) is 11.9. The minimum absolute atomic E-state index is 0.149. The Morgan fingerprint density at radius 3 is 2.39 bits per heavy atom. The van der Waals surface area contributed by atoms with E-state index in [0.717, 1.165) is 12.8 Å². The van der Waals surface area contributed by atoms with Crippen molar-refractivity contribution < 1.29 is 0 Å². The molecule has 0 spiro atoms. The minimum Gasteiger partial charge on any atom is -0.322 e. The molecule has 1 fully saturated rings. The number of hydrogen-bond donors (Lipinski definition) is 1. The van der Waals surface area contributed by atoms with Gasteiger partial charge in [-0.1, -0.05) is 13.8 Å². The van der Waals surface area contributed by atoms with Gasteiger partial charge in [0, 0.05) is 16.5 Å². The van der Waals surface area contributed by atoms with Gasteiger partial charge in [-0.3, -0.25) is 4.90 Å². The molecule has 1 aromatic heterocycles. The van der Waals surface area contributed by atoms with Crippen LogP contribution in [0.3, 0.4) is 0 Å². The number of rotatable bonds is 5. The van der Waals surface area contributed by atoms with Gasteiger partial charge in [0.05, 0.1) is 0 Å². The Kier molecular flexibility index (Phi) is 4.46. The Hall–Kier alpha value is -0.380. The first-order valence-electron chi connectivity index (χ1n) is 7.19. The van der Waals surface area contributed by atoms with E-state index in [2.05, 4.69) is 37.1 Å². The highest BCUT2D eigenvalue weighted by molar-refractivity contribution is 7.10. The SMILES string of the molecule is CCC(CC)(C(N)c1csc(C)c1)N1CCCC1. The fourth-order valence-electron chi connectivity index (χ4n) is 3.43. The van der Waals surface area contributed by atoms with Crippen LogP contribution in [0.25, 0.3) is 0 Å². The summed E-state index contributed by atoms with van der Waals surface area (Å²) in [6, 6.07) is 2.42. The normalized spacial score (nSPS) is 19.3. The van der Waals surface area contributed by atoms with Crippen LogP contribution in [-0.2, 0) is 0 Å². The molecular formula is C15H26N2S. The van der Waals surface area contributed by atoms with Gasteiger partial charge >= 0.3 is 0 Å². The van der Waals surface area contributed by atoms with Crippen molar-refractivity contribution in [2.45, 2.75) is 58.0 Å². The van der Waals surface area contributed by atoms with E-state index in [1.807, 2.05) is 11.3 Å². The topological polar surface area (TPSA) is 29.3 Å². The van der Waals surface area contributed by atoms with Gasteiger partial charge in [-0.05, 0) is 62.7 Å². The Morgan fingerprint density at radius 2 is 1.94 bits per heavy atom. The lowest BCUT2D eigenvalue weighted by Crippen LogP contribution is -2.53. The predicted molar refractivity (Wildman–Crippen MR) is 80.1 cm³/mol. The van der Waals surface area contributed by atoms with E-state index < -0.39 is 0 Å². The molecule has 1 unspecified atom stereocenters. The van der Waals surface area contributed by atoms with Crippen molar-refractivity contribution in [2.75, 3.05) is 13.1 Å². The quantitative estimate of drug-likeness (QED) is 0.880. The van der Waals surface area contributed by atoms with Crippen LogP contribution in [0, 0.1) is 6.92 Å². The Morgan fingerprint density at radius 1 is 1.33 bits per heavy atom. The average Bonchev–Trinajstić information content (AvgIpc) is 3.03. The molecule has 0 saturated carbocycles. The second kappa shape index (κ2) is 5.72. The zero-order valence-corrected chi connectivity index (χ0v) is 12.7. The monoisotopic (exact) mass is 266 g/mol. The molecule has 2 N–H and O–H groups in total. The lowest BCUT2D eigenvalue weighted by atomic mass is 9.80. The average molecular weight is 266 g/mol. The van der Waals surface area contributed by atoms with E-state index in [1.165, 1.54) is 36.4 Å². The molecule has 0 bridgehead atoms. The third kappa shape index (κ3) is 2.36. The summed E-state index contributed by atoms with van der Waals surface area (Å²) >= 11 is 1.81. The largest absolute Gasteiger partial charge is 0.322 e. The number of aryl methyl sites for hydroxylation is 1. The molecule has 102 valence electrons. The molecular weight excluding hydrogens is 240 g/mol. The Balaban J connectivity index is 2.28. The summed E-state index contributed by atoms with van der Waals surface area (Å²) in [5.74, 6) is 0. The van der Waals surface area contributed by atoms with Gasteiger partial charge in [0.1, 0.15) is 0 Å². The first kappa shape index (κ1) is 14.0. The highest BCUT2D eigenvalue weighted by atomic mass is 32.1. The highest BCUT2D eigenvalue weighted by Crippen LogP contribution is 2.38. The number of thiophene rings is 1. The van der Waals surface area contributed by atoms with Crippen molar-refractivity contribution in [3.05, 3.63) is 21.9 Å². The third-order valence-electron chi connectivity index (χ3n) is 4.65. The van der Waals surface area contributed by atoms with Crippen molar-refractivity contribution in [1.82, 2.24) is 4.90 Å². The van der Waals surface area contributed by atoms with Crippen LogP contribution in [0.2, 0.25) is 0 Å². The summed E-state index contributed by atoms with van der Waals surface area (Å²) in [5, 5.41) is 2.25. The molecule has 18 heavy (non-hydrogen) atoms. The van der Waals surface area contributed by atoms with Crippen LogP contribution in [0.15, 0.2) is 11.4 Å². The van der Waals surface area contributed by atoms with Crippen LogP contribution in [0.1, 0.15) is 56.0 Å². The summed E-state index contributed by atoms with van der Waals surface area (Å²) in [7, 11) is 0. The van der Waals surface area contributed by atoms with Crippen molar-refractivity contribution >= 4 is 11.3 Å². The maximum atomic E-state index is 6.65. The van der Waals surface area contributed by atoms with Gasteiger partial charge in [-0.25, -0.2) is 0 Å². The first-order chi connectivity index (χ1) is 8.64. The molecule has 0 amide bonds. The van der Waals surface area contributed by atoms with Crippen LogP contribution >= 0.6 is 11.3 Å². The van der Waals surface area contributed by atoms with Crippen molar-refractivity contribution in [1.29, 1.82) is 0 Å². The molecule has 1 aromatic rings. The lowest BCUT2D eigenvalue weighted by molar-refractivity contribution is 0.0768. The summed E-state index contributed by atoms with van der Waals surface area (Å²) in [5.41, 5.74) is 8.14. The smallest absolute Gasteiger partial charge is 0.0490 e. The molecule has 2 heterocycles. The van der Waals surface area contributed by atoms with Crippen LogP contribution in [-0.4, -0.2) is 23.5 Å². The summed E-state index contributed by atoms with van der Waals surface area (Å²) in [6.07, 6.45) is 4.94. The molecule has 3 heteroatoms. The third-order valence-corrected chi connectivity index (χ3v) is 5.53. The standard InChI is InChI=1S/C15H26N2S/c1-4-15(5-2,17-8-6-7-9-17)14(16)13-10-12(3)18-11-13/h10-11,14H,4-9,16H2,1-3H3. The van der Waals surface area contributed by atoms with Gasteiger partial charge in [0.2, 0.25) is 0 Å². The van der Waals surface area contributed by atoms with E-state index >= 15 is 0 Å². The number of hydrogen-bond acceptors (Lipinski definition) is 3. The molecule has 2 rings (SSSR count). The van der Waals surface area contributed by atoms with Gasteiger partial charge < -0.3 is 5.73 Å². The van der Waals surface area contributed by atoms with E-state index in [4.69, 9.17) is 5.73 Å². The highest BCUT2D eigenvalue weighted by Gasteiger charge is 2.41. The van der Waals surface area contributed by atoms with E-state index in [9.17, 15) is 0 Å². The molecule has 0 radical (unpaired) electrons. The molecule has 1 saturated heterocycles. The molecule has 2 nitrogen and oxygen atoms in total. The van der Waals surface area contributed by atoms with Gasteiger partial charge in [0.25, 0.3) is 0 Å². The lowest BCUT2D eigenvalue weighted by Gasteiger charge is -2.45. The minimum atomic E-state index is 0.149. The maximum absolute atomic E-state index is 6.65. The summed E-state index contributed by atoms with van der Waals surface area (Å²) in [4.78, 5) is 4.01. The van der Waals surface area contributed by atoms with Gasteiger partial charge in [0.15, 0.2) is 0 Å². The van der Waals surface area contributed by atoms with Crippen LogP contribution < -0.4 is 5.73 Å². The van der Waals surface area contributed by atoms with E-state index in [-0.39, 0.29) is 11.6 Å². The van der Waals surface area contributed by atoms with Crippen LogP contribution in [0.5, 0.6) is 0 Å². The number of nitrogens with zero attached hydrogens (tertiary/aromatic N) is 1. The number of nitrogens with two attached hydrogens (primary N) is 1. The molecule has 1 atom stereocenters. The summed E-state index contributed by atoms with van der Waals surface area (Å²) in [6.45, 7) is 9.19. The molecule has 1 aliphatic heterocycles. The second-order valence-corrected chi connectivity index (χ2v) is 6.59. The fraction of sp³-hybridized carbons (Fsp3) is 0.733.